The van der Waals surface area contributed by atoms with Gasteiger partial charge >= 0.3 is 0 Å². The third-order valence-electron chi connectivity index (χ3n) is 3.86. The smallest absolute Gasteiger partial charge is 0.223 e. The van der Waals surface area contributed by atoms with Gasteiger partial charge in [0.05, 0.1) is 0 Å². The fourth-order valence-corrected chi connectivity index (χ4v) is 2.97. The number of carbonyl (C=O) groups excluding carboxylic acids is 1. The van der Waals surface area contributed by atoms with Crippen LogP contribution in [0.5, 0.6) is 0 Å². The summed E-state index contributed by atoms with van der Waals surface area (Å²) in [6, 6.07) is 0. The number of amides is 1. The van der Waals surface area contributed by atoms with E-state index < -0.39 is 0 Å². The van der Waals surface area contributed by atoms with Crippen molar-refractivity contribution >= 4 is 5.91 Å². The average Bonchev–Trinajstić information content (AvgIpc) is 2.14. The minimum absolute atomic E-state index is 0.112. The summed E-state index contributed by atoms with van der Waals surface area (Å²) in [6.45, 7) is 12.9. The molecule has 17 heavy (non-hydrogen) atoms. The second-order valence-electron chi connectivity index (χ2n) is 7.17. The first kappa shape index (κ1) is 14.5. The number of hydrogen-bond donors (Lipinski definition) is 1. The van der Waals surface area contributed by atoms with E-state index >= 15 is 0 Å². The average molecular weight is 239 g/mol. The third kappa shape index (κ3) is 4.33. The van der Waals surface area contributed by atoms with Crippen molar-refractivity contribution in [3.8, 4) is 0 Å². The van der Waals surface area contributed by atoms with Gasteiger partial charge in [0.2, 0.25) is 5.91 Å². The van der Waals surface area contributed by atoms with Gasteiger partial charge in [-0.1, -0.05) is 27.2 Å². The Morgan fingerprint density at radius 1 is 1.24 bits per heavy atom. The van der Waals surface area contributed by atoms with Crippen LogP contribution >= 0.6 is 0 Å². The van der Waals surface area contributed by atoms with Crippen LogP contribution in [0.2, 0.25) is 0 Å². The Morgan fingerprint density at radius 2 is 1.82 bits per heavy atom. The predicted octanol–water partition coefficient (Wildman–Crippen LogP) is 3.61. The summed E-state index contributed by atoms with van der Waals surface area (Å²) in [5, 5.41) is 3.16. The van der Waals surface area contributed by atoms with Gasteiger partial charge in [-0.2, -0.15) is 0 Å². The minimum Gasteiger partial charge on any atom is -0.351 e. The first-order valence-corrected chi connectivity index (χ1v) is 7.02. The van der Waals surface area contributed by atoms with E-state index in [1.807, 2.05) is 0 Å². The van der Waals surface area contributed by atoms with Crippen molar-refractivity contribution in [2.24, 2.45) is 23.7 Å². The van der Waals surface area contributed by atoms with E-state index in [0.29, 0.717) is 17.8 Å². The number of carbonyl (C=O) groups is 1. The lowest BCUT2D eigenvalue weighted by Gasteiger charge is -2.37. The highest BCUT2D eigenvalue weighted by molar-refractivity contribution is 5.79. The number of rotatable bonds is 2. The van der Waals surface area contributed by atoms with E-state index in [0.717, 1.165) is 6.42 Å². The van der Waals surface area contributed by atoms with Crippen LogP contribution in [0.15, 0.2) is 0 Å². The lowest BCUT2D eigenvalue weighted by molar-refractivity contribution is -0.130. The molecule has 1 N–H and O–H groups in total. The Labute approximate surface area is 107 Å². The lowest BCUT2D eigenvalue weighted by Crippen LogP contribution is -2.47. The molecule has 2 nitrogen and oxygen atoms in total. The molecule has 0 radical (unpaired) electrons. The highest BCUT2D eigenvalue weighted by Gasteiger charge is 2.36. The molecule has 3 unspecified atom stereocenters. The van der Waals surface area contributed by atoms with Gasteiger partial charge in [-0.15, -0.1) is 0 Å². The quantitative estimate of drug-likeness (QED) is 0.783. The Bertz CT molecular complexity index is 265. The Balaban J connectivity index is 2.72. The molecule has 0 aliphatic heterocycles. The summed E-state index contributed by atoms with van der Waals surface area (Å²) in [7, 11) is 0. The second kappa shape index (κ2) is 5.41. The fraction of sp³-hybridized carbons (Fsp3) is 0.933. The fourth-order valence-electron chi connectivity index (χ4n) is 2.97. The topological polar surface area (TPSA) is 29.1 Å². The maximum Gasteiger partial charge on any atom is 0.223 e. The highest BCUT2D eigenvalue weighted by Crippen LogP contribution is 2.38. The van der Waals surface area contributed by atoms with Crippen LogP contribution in [-0.4, -0.2) is 11.4 Å². The minimum atomic E-state index is -0.112. The molecule has 1 aliphatic rings. The summed E-state index contributed by atoms with van der Waals surface area (Å²) in [5.74, 6) is 2.35. The molecule has 1 rings (SSSR count). The zero-order valence-corrected chi connectivity index (χ0v) is 12.3. The van der Waals surface area contributed by atoms with Gasteiger partial charge in [0, 0.05) is 11.5 Å². The molecule has 0 aromatic carbocycles. The molecule has 0 bridgehead atoms. The molecule has 100 valence electrons. The van der Waals surface area contributed by atoms with E-state index in [1.54, 1.807) is 0 Å². The second-order valence-corrected chi connectivity index (χ2v) is 7.17. The summed E-state index contributed by atoms with van der Waals surface area (Å²) in [5.41, 5.74) is -0.112. The van der Waals surface area contributed by atoms with Crippen molar-refractivity contribution < 1.29 is 4.79 Å². The SMILES string of the molecule is CC1CCC(C(C)C)C(C(=O)NC(C)(C)C)C1. The van der Waals surface area contributed by atoms with Crippen LogP contribution < -0.4 is 5.32 Å². The van der Waals surface area contributed by atoms with Gasteiger partial charge in [0.1, 0.15) is 0 Å². The molecule has 3 atom stereocenters. The van der Waals surface area contributed by atoms with Crippen molar-refractivity contribution in [1.29, 1.82) is 0 Å². The number of hydrogen-bond acceptors (Lipinski definition) is 1. The van der Waals surface area contributed by atoms with Crippen LogP contribution in [0, 0.1) is 23.7 Å². The number of nitrogens with one attached hydrogen (secondary N) is 1. The highest BCUT2D eigenvalue weighted by atomic mass is 16.2. The van der Waals surface area contributed by atoms with Crippen molar-refractivity contribution in [1.82, 2.24) is 5.32 Å². The first-order valence-electron chi connectivity index (χ1n) is 7.02. The van der Waals surface area contributed by atoms with Crippen LogP contribution in [0.4, 0.5) is 0 Å². The van der Waals surface area contributed by atoms with Gasteiger partial charge in [0.25, 0.3) is 0 Å². The molecule has 0 aromatic heterocycles. The molecule has 0 aromatic rings. The lowest BCUT2D eigenvalue weighted by atomic mass is 9.69. The molecule has 1 amide bonds. The molecular formula is C15H29NO. The summed E-state index contributed by atoms with van der Waals surface area (Å²) in [6.07, 6.45) is 3.55. The standard InChI is InChI=1S/C15H29NO/c1-10(2)12-8-7-11(3)9-13(12)14(17)16-15(4,5)6/h10-13H,7-9H2,1-6H3,(H,16,17). The summed E-state index contributed by atoms with van der Waals surface area (Å²) < 4.78 is 0. The molecule has 0 heterocycles. The van der Waals surface area contributed by atoms with Crippen molar-refractivity contribution in [3.05, 3.63) is 0 Å². The predicted molar refractivity (Wildman–Crippen MR) is 72.7 cm³/mol. The Morgan fingerprint density at radius 3 is 2.29 bits per heavy atom. The van der Waals surface area contributed by atoms with E-state index in [1.165, 1.54) is 12.8 Å². The maximum atomic E-state index is 12.4. The maximum absolute atomic E-state index is 12.4. The van der Waals surface area contributed by atoms with E-state index in [9.17, 15) is 4.79 Å². The molecule has 1 saturated carbocycles. The Kier molecular flexibility index (Phi) is 4.62. The molecule has 1 fully saturated rings. The van der Waals surface area contributed by atoms with Crippen LogP contribution in [-0.2, 0) is 4.79 Å². The molecule has 2 heteroatoms. The monoisotopic (exact) mass is 239 g/mol. The van der Waals surface area contributed by atoms with Gasteiger partial charge < -0.3 is 5.32 Å². The van der Waals surface area contributed by atoms with Crippen molar-refractivity contribution in [2.75, 3.05) is 0 Å². The van der Waals surface area contributed by atoms with Gasteiger partial charge in [-0.25, -0.2) is 0 Å². The van der Waals surface area contributed by atoms with Crippen LogP contribution in [0.25, 0.3) is 0 Å². The van der Waals surface area contributed by atoms with E-state index in [-0.39, 0.29) is 17.4 Å². The zero-order chi connectivity index (χ0) is 13.2. The van der Waals surface area contributed by atoms with Gasteiger partial charge in [0.15, 0.2) is 0 Å². The van der Waals surface area contributed by atoms with Crippen LogP contribution in [0.3, 0.4) is 0 Å². The zero-order valence-electron chi connectivity index (χ0n) is 12.3. The molecule has 0 spiro atoms. The molecule has 1 aliphatic carbocycles. The summed E-state index contributed by atoms with van der Waals surface area (Å²) >= 11 is 0. The first-order chi connectivity index (χ1) is 7.70. The summed E-state index contributed by atoms with van der Waals surface area (Å²) in [4.78, 5) is 12.4. The van der Waals surface area contributed by atoms with Crippen molar-refractivity contribution in [3.63, 3.8) is 0 Å². The van der Waals surface area contributed by atoms with E-state index in [2.05, 4.69) is 46.9 Å². The third-order valence-corrected chi connectivity index (χ3v) is 3.86. The van der Waals surface area contributed by atoms with Crippen LogP contribution in [0.1, 0.15) is 60.8 Å². The van der Waals surface area contributed by atoms with Gasteiger partial charge in [-0.05, 0) is 51.4 Å². The normalized spacial score (nSPS) is 30.4. The largest absolute Gasteiger partial charge is 0.351 e. The molecular weight excluding hydrogens is 210 g/mol. The van der Waals surface area contributed by atoms with Crippen molar-refractivity contribution in [2.45, 2.75) is 66.3 Å². The Hall–Kier alpha value is -0.530. The van der Waals surface area contributed by atoms with E-state index in [4.69, 9.17) is 0 Å². The molecule has 0 saturated heterocycles. The van der Waals surface area contributed by atoms with Gasteiger partial charge in [-0.3, -0.25) is 4.79 Å².